The number of nitro groups is 1. The van der Waals surface area contributed by atoms with E-state index in [1.54, 1.807) is 16.3 Å². The largest absolute Gasteiger partial charge is 0.444 e. The van der Waals surface area contributed by atoms with Crippen LogP contribution >= 0.6 is 11.3 Å². The molecule has 23 heavy (non-hydrogen) atoms. The van der Waals surface area contributed by atoms with Gasteiger partial charge in [0.1, 0.15) is 5.60 Å². The van der Waals surface area contributed by atoms with Crippen molar-refractivity contribution in [2.24, 2.45) is 0 Å². The summed E-state index contributed by atoms with van der Waals surface area (Å²) in [6.45, 7) is 11.0. The van der Waals surface area contributed by atoms with Crippen LogP contribution in [0.1, 0.15) is 40.2 Å². The zero-order valence-corrected chi connectivity index (χ0v) is 15.1. The third-order valence-electron chi connectivity index (χ3n) is 2.93. The number of ether oxygens (including phenoxy) is 1. The molecule has 0 aromatic carbocycles. The zero-order valence-electron chi connectivity index (χ0n) is 14.3. The van der Waals surface area contributed by atoms with Crippen molar-refractivity contribution >= 4 is 22.4 Å². The molecule has 1 aromatic rings. The highest BCUT2D eigenvalue weighted by molar-refractivity contribution is 7.13. The molecular formula is C15H25N3O4S. The smallest absolute Gasteiger partial charge is 0.410 e. The minimum atomic E-state index is -0.521. The average molecular weight is 343 g/mol. The normalized spacial score (nSPS) is 11.6. The summed E-state index contributed by atoms with van der Waals surface area (Å²) in [6.07, 6.45) is -0.333. The lowest BCUT2D eigenvalue weighted by molar-refractivity contribution is -0.380. The Hall–Kier alpha value is -1.67. The Morgan fingerprint density at radius 3 is 2.61 bits per heavy atom. The van der Waals surface area contributed by atoms with Gasteiger partial charge in [-0.05, 0) is 40.2 Å². The molecule has 0 aliphatic rings. The predicted octanol–water partition coefficient (Wildman–Crippen LogP) is 3.39. The van der Waals surface area contributed by atoms with Crippen molar-refractivity contribution in [2.75, 3.05) is 13.1 Å². The van der Waals surface area contributed by atoms with Gasteiger partial charge in [-0.15, -0.1) is 0 Å². The fourth-order valence-electron chi connectivity index (χ4n) is 1.86. The molecule has 0 bridgehead atoms. The summed E-state index contributed by atoms with van der Waals surface area (Å²) in [6, 6.07) is 1.60. The van der Waals surface area contributed by atoms with Crippen molar-refractivity contribution in [3.8, 4) is 0 Å². The van der Waals surface area contributed by atoms with E-state index in [1.807, 2.05) is 34.6 Å². The van der Waals surface area contributed by atoms with Gasteiger partial charge in [-0.1, -0.05) is 11.3 Å². The van der Waals surface area contributed by atoms with E-state index in [0.717, 1.165) is 16.9 Å². The van der Waals surface area contributed by atoms with E-state index >= 15 is 0 Å². The molecule has 0 aliphatic carbocycles. The van der Waals surface area contributed by atoms with Crippen LogP contribution in [0, 0.1) is 10.1 Å². The average Bonchev–Trinajstić information content (AvgIpc) is 2.84. The highest BCUT2D eigenvalue weighted by atomic mass is 32.1. The Morgan fingerprint density at radius 2 is 2.13 bits per heavy atom. The van der Waals surface area contributed by atoms with Crippen LogP contribution in [0.4, 0.5) is 9.80 Å². The number of nitrogens with zero attached hydrogens (tertiary/aromatic N) is 2. The number of carbonyl (C=O) groups is 1. The first kappa shape index (κ1) is 19.4. The van der Waals surface area contributed by atoms with Gasteiger partial charge in [0.05, 0.1) is 4.92 Å². The van der Waals surface area contributed by atoms with Crippen LogP contribution in [0.3, 0.4) is 0 Å². The number of hydrogen-bond acceptors (Lipinski definition) is 6. The Morgan fingerprint density at radius 1 is 1.48 bits per heavy atom. The number of rotatable bonds is 7. The summed E-state index contributed by atoms with van der Waals surface area (Å²) in [5.41, 5.74) is 0.350. The second kappa shape index (κ2) is 8.26. The molecule has 7 nitrogen and oxygen atoms in total. The molecule has 130 valence electrons. The topological polar surface area (TPSA) is 84.7 Å². The molecule has 1 amide bonds. The second-order valence-electron chi connectivity index (χ2n) is 6.49. The third kappa shape index (κ3) is 6.96. The monoisotopic (exact) mass is 343 g/mol. The fraction of sp³-hybridized carbons (Fsp3) is 0.667. The van der Waals surface area contributed by atoms with E-state index in [2.05, 4.69) is 5.32 Å². The Labute approximate surface area is 140 Å². The van der Waals surface area contributed by atoms with Gasteiger partial charge in [-0.2, -0.15) is 0 Å². The van der Waals surface area contributed by atoms with Crippen molar-refractivity contribution in [1.29, 1.82) is 0 Å². The number of carbonyl (C=O) groups excluding carboxylic acids is 1. The molecule has 0 saturated heterocycles. The molecule has 1 N–H and O–H groups in total. The van der Waals surface area contributed by atoms with Gasteiger partial charge in [0.2, 0.25) is 0 Å². The van der Waals surface area contributed by atoms with E-state index < -0.39 is 10.5 Å². The molecule has 8 heteroatoms. The van der Waals surface area contributed by atoms with Crippen molar-refractivity contribution in [3.05, 3.63) is 27.1 Å². The lowest BCUT2D eigenvalue weighted by Gasteiger charge is -2.30. The predicted molar refractivity (Wildman–Crippen MR) is 90.8 cm³/mol. The van der Waals surface area contributed by atoms with Crippen LogP contribution in [0.2, 0.25) is 0 Å². The molecule has 1 rings (SSSR count). The number of hydrogen-bond donors (Lipinski definition) is 1. The van der Waals surface area contributed by atoms with Gasteiger partial charge in [-0.3, -0.25) is 10.1 Å². The standard InChI is InChI=1S/C15H25N3O4S/c1-11(2)17(14(19)22-15(3,4)5)7-6-16-9-12-8-13(18(20)21)23-10-12/h8,10-11,16H,6-7,9H2,1-5H3. The van der Waals surface area contributed by atoms with Crippen molar-refractivity contribution < 1.29 is 14.5 Å². The quantitative estimate of drug-likeness (QED) is 0.466. The maximum atomic E-state index is 12.1. The summed E-state index contributed by atoms with van der Waals surface area (Å²) < 4.78 is 5.39. The van der Waals surface area contributed by atoms with Gasteiger partial charge in [-0.25, -0.2) is 4.79 Å². The van der Waals surface area contributed by atoms with Gasteiger partial charge in [0.25, 0.3) is 0 Å². The first-order chi connectivity index (χ1) is 10.6. The fourth-order valence-corrected chi connectivity index (χ4v) is 2.59. The van der Waals surface area contributed by atoms with E-state index in [9.17, 15) is 14.9 Å². The van der Waals surface area contributed by atoms with Crippen LogP contribution in [0.15, 0.2) is 11.4 Å². The Kier molecular flexibility index (Phi) is 6.96. The summed E-state index contributed by atoms with van der Waals surface area (Å²) in [5.74, 6) is 0. The molecule has 0 saturated carbocycles. The molecule has 1 heterocycles. The summed E-state index contributed by atoms with van der Waals surface area (Å²) in [5, 5.41) is 15.7. The summed E-state index contributed by atoms with van der Waals surface area (Å²) in [7, 11) is 0. The summed E-state index contributed by atoms with van der Waals surface area (Å²) >= 11 is 1.11. The van der Waals surface area contributed by atoms with Crippen LogP contribution in [-0.4, -0.2) is 40.6 Å². The molecule has 0 fully saturated rings. The third-order valence-corrected chi connectivity index (χ3v) is 3.86. The maximum Gasteiger partial charge on any atom is 0.410 e. The van der Waals surface area contributed by atoms with Gasteiger partial charge < -0.3 is 15.0 Å². The lowest BCUT2D eigenvalue weighted by Crippen LogP contribution is -2.44. The van der Waals surface area contributed by atoms with Gasteiger partial charge in [0.15, 0.2) is 0 Å². The van der Waals surface area contributed by atoms with Crippen molar-refractivity contribution in [2.45, 2.75) is 52.8 Å². The van der Waals surface area contributed by atoms with Crippen molar-refractivity contribution in [1.82, 2.24) is 10.2 Å². The number of nitrogens with one attached hydrogen (secondary N) is 1. The molecule has 0 spiro atoms. The summed E-state index contributed by atoms with van der Waals surface area (Å²) in [4.78, 5) is 24.0. The first-order valence-corrected chi connectivity index (χ1v) is 8.40. The SMILES string of the molecule is CC(C)N(CCNCc1csc([N+](=O)[O-])c1)C(=O)OC(C)(C)C. The van der Waals surface area contributed by atoms with Crippen molar-refractivity contribution in [3.63, 3.8) is 0 Å². The van der Waals surface area contributed by atoms with E-state index in [4.69, 9.17) is 4.74 Å². The second-order valence-corrected chi connectivity index (χ2v) is 7.38. The number of amides is 1. The van der Waals surface area contributed by atoms with Crippen LogP contribution in [0.5, 0.6) is 0 Å². The molecular weight excluding hydrogens is 318 g/mol. The molecule has 1 aromatic heterocycles. The van der Waals surface area contributed by atoms with E-state index in [1.165, 1.54) is 0 Å². The molecule has 0 atom stereocenters. The number of thiophene rings is 1. The Bertz CT molecular complexity index is 537. The highest BCUT2D eigenvalue weighted by Gasteiger charge is 2.23. The van der Waals surface area contributed by atoms with Crippen LogP contribution in [-0.2, 0) is 11.3 Å². The van der Waals surface area contributed by atoms with Crippen LogP contribution < -0.4 is 5.32 Å². The van der Waals surface area contributed by atoms with E-state index in [-0.39, 0.29) is 17.1 Å². The van der Waals surface area contributed by atoms with E-state index in [0.29, 0.717) is 19.6 Å². The van der Waals surface area contributed by atoms with Gasteiger partial charge >= 0.3 is 11.1 Å². The lowest BCUT2D eigenvalue weighted by atomic mass is 10.2. The maximum absolute atomic E-state index is 12.1. The zero-order chi connectivity index (χ0) is 17.6. The Balaban J connectivity index is 2.43. The molecule has 0 aliphatic heterocycles. The van der Waals surface area contributed by atoms with Crippen LogP contribution in [0.25, 0.3) is 0 Å². The van der Waals surface area contributed by atoms with Gasteiger partial charge in [0, 0.05) is 37.1 Å². The first-order valence-electron chi connectivity index (χ1n) is 7.52. The highest BCUT2D eigenvalue weighted by Crippen LogP contribution is 2.22. The minimum absolute atomic E-state index is 0.0360. The minimum Gasteiger partial charge on any atom is -0.444 e. The molecule has 0 unspecified atom stereocenters. The molecule has 0 radical (unpaired) electrons.